The molecule has 0 saturated carbocycles. The van der Waals surface area contributed by atoms with Gasteiger partial charge in [0.1, 0.15) is 0 Å². The van der Waals surface area contributed by atoms with Crippen LogP contribution in [0.5, 0.6) is 0 Å². The second-order valence-corrected chi connectivity index (χ2v) is 6.40. The molecule has 2 nitrogen and oxygen atoms in total. The van der Waals surface area contributed by atoms with Crippen LogP contribution in [0.25, 0.3) is 0 Å². The lowest BCUT2D eigenvalue weighted by Crippen LogP contribution is -2.36. The van der Waals surface area contributed by atoms with Crippen molar-refractivity contribution >= 4 is 0 Å². The highest BCUT2D eigenvalue weighted by Gasteiger charge is 2.18. The van der Waals surface area contributed by atoms with E-state index in [4.69, 9.17) is 0 Å². The van der Waals surface area contributed by atoms with Crippen molar-refractivity contribution in [3.05, 3.63) is 34.4 Å². The summed E-state index contributed by atoms with van der Waals surface area (Å²) in [4.78, 5) is 2.55. The van der Waals surface area contributed by atoms with Gasteiger partial charge in [0.05, 0.1) is 0 Å². The van der Waals surface area contributed by atoms with Crippen LogP contribution < -0.4 is 5.32 Å². The van der Waals surface area contributed by atoms with Crippen LogP contribution in [0.15, 0.2) is 12.1 Å². The van der Waals surface area contributed by atoms with Gasteiger partial charge in [-0.3, -0.25) is 0 Å². The maximum atomic E-state index is 3.52. The van der Waals surface area contributed by atoms with Crippen molar-refractivity contribution in [3.63, 3.8) is 0 Å². The number of rotatable bonds is 7. The fourth-order valence-corrected chi connectivity index (χ4v) is 3.18. The van der Waals surface area contributed by atoms with Crippen LogP contribution in [-0.2, 0) is 0 Å². The van der Waals surface area contributed by atoms with Gasteiger partial charge in [-0.2, -0.15) is 0 Å². The first kappa shape index (κ1) is 17.2. The third-order valence-electron chi connectivity index (χ3n) is 3.95. The Morgan fingerprint density at radius 1 is 1.05 bits per heavy atom. The second kappa shape index (κ2) is 7.80. The van der Waals surface area contributed by atoms with E-state index >= 15 is 0 Å². The van der Waals surface area contributed by atoms with Crippen LogP contribution in [0.4, 0.5) is 0 Å². The molecule has 20 heavy (non-hydrogen) atoms. The molecule has 1 rings (SSSR count). The van der Waals surface area contributed by atoms with Gasteiger partial charge in [0.25, 0.3) is 0 Å². The summed E-state index contributed by atoms with van der Waals surface area (Å²) in [6.45, 7) is 16.8. The number of nitrogens with one attached hydrogen (secondary N) is 1. The average Bonchev–Trinajstić information content (AvgIpc) is 2.34. The molecule has 0 heterocycles. The predicted octanol–water partition coefficient (Wildman–Crippen LogP) is 3.85. The van der Waals surface area contributed by atoms with E-state index in [1.807, 2.05) is 0 Å². The summed E-state index contributed by atoms with van der Waals surface area (Å²) < 4.78 is 0. The lowest BCUT2D eigenvalue weighted by Gasteiger charge is -2.29. The van der Waals surface area contributed by atoms with E-state index in [1.165, 1.54) is 28.8 Å². The first-order valence-electron chi connectivity index (χ1n) is 7.86. The zero-order chi connectivity index (χ0) is 15.3. The predicted molar refractivity (Wildman–Crippen MR) is 89.4 cm³/mol. The lowest BCUT2D eigenvalue weighted by atomic mass is 9.93. The Morgan fingerprint density at radius 3 is 2.00 bits per heavy atom. The molecule has 1 N–H and O–H groups in total. The fourth-order valence-electron chi connectivity index (χ4n) is 3.18. The molecule has 0 aliphatic heterocycles. The number of hydrogen-bond acceptors (Lipinski definition) is 2. The van der Waals surface area contributed by atoms with Gasteiger partial charge in [-0.1, -0.05) is 38.5 Å². The third kappa shape index (κ3) is 4.60. The van der Waals surface area contributed by atoms with Gasteiger partial charge in [-0.15, -0.1) is 0 Å². The second-order valence-electron chi connectivity index (χ2n) is 6.40. The summed E-state index contributed by atoms with van der Waals surface area (Å²) in [5.74, 6) is 0.715. The highest BCUT2D eigenvalue weighted by Crippen LogP contribution is 2.24. The molecule has 0 aliphatic rings. The molecule has 0 fully saturated rings. The lowest BCUT2D eigenvalue weighted by molar-refractivity contribution is 0.231. The Bertz CT molecular complexity index is 400. The summed E-state index contributed by atoms with van der Waals surface area (Å²) >= 11 is 0. The van der Waals surface area contributed by atoms with E-state index in [0.29, 0.717) is 12.0 Å². The molecule has 0 aliphatic carbocycles. The first-order chi connectivity index (χ1) is 9.38. The molecule has 1 unspecified atom stereocenters. The summed E-state index contributed by atoms with van der Waals surface area (Å²) in [7, 11) is 2.08. The molecule has 0 aromatic heterocycles. The highest BCUT2D eigenvalue weighted by molar-refractivity contribution is 5.39. The Hall–Kier alpha value is -0.860. The molecule has 0 radical (unpaired) electrons. The van der Waals surface area contributed by atoms with E-state index in [2.05, 4.69) is 70.9 Å². The molecule has 0 bridgehead atoms. The molecule has 0 spiro atoms. The van der Waals surface area contributed by atoms with Gasteiger partial charge in [0, 0.05) is 19.1 Å². The van der Waals surface area contributed by atoms with Crippen molar-refractivity contribution in [3.8, 4) is 0 Å². The monoisotopic (exact) mass is 276 g/mol. The van der Waals surface area contributed by atoms with Crippen LogP contribution in [0.1, 0.15) is 49.1 Å². The number of hydrogen-bond donors (Lipinski definition) is 1. The minimum atomic E-state index is 0.411. The maximum Gasteiger partial charge on any atom is 0.0452 e. The summed E-state index contributed by atoms with van der Waals surface area (Å²) in [5, 5.41) is 3.52. The fraction of sp³-hybridized carbons (Fsp3) is 0.667. The van der Waals surface area contributed by atoms with Crippen molar-refractivity contribution in [1.82, 2.24) is 10.2 Å². The minimum Gasteiger partial charge on any atom is -0.312 e. The molecular weight excluding hydrogens is 244 g/mol. The van der Waals surface area contributed by atoms with Gasteiger partial charge in [-0.05, 0) is 57.0 Å². The topological polar surface area (TPSA) is 15.3 Å². The number of aryl methyl sites for hydroxylation is 3. The number of nitrogens with zero attached hydrogens (tertiary/aromatic N) is 1. The summed E-state index contributed by atoms with van der Waals surface area (Å²) in [5.41, 5.74) is 5.64. The standard InChI is InChI=1S/C18H32N2/c1-8-20(11-13(2)3)12-17(19-7)18-15(5)9-14(4)10-16(18)6/h9-10,13,17,19H,8,11-12H2,1-7H3. The van der Waals surface area contributed by atoms with E-state index in [9.17, 15) is 0 Å². The normalized spacial score (nSPS) is 13.2. The van der Waals surface area contributed by atoms with E-state index < -0.39 is 0 Å². The van der Waals surface area contributed by atoms with Crippen molar-refractivity contribution in [1.29, 1.82) is 0 Å². The number of benzene rings is 1. The summed E-state index contributed by atoms with van der Waals surface area (Å²) in [6, 6.07) is 5.01. The van der Waals surface area contributed by atoms with Gasteiger partial charge < -0.3 is 10.2 Å². The zero-order valence-electron chi connectivity index (χ0n) is 14.4. The maximum absolute atomic E-state index is 3.52. The molecule has 2 heteroatoms. The van der Waals surface area contributed by atoms with Crippen LogP contribution in [0.2, 0.25) is 0 Å². The van der Waals surface area contributed by atoms with E-state index in [0.717, 1.165) is 13.1 Å². The van der Waals surface area contributed by atoms with Crippen molar-refractivity contribution < 1.29 is 0 Å². The average molecular weight is 276 g/mol. The molecule has 0 saturated heterocycles. The van der Waals surface area contributed by atoms with Crippen LogP contribution in [-0.4, -0.2) is 31.6 Å². The van der Waals surface area contributed by atoms with Gasteiger partial charge >= 0.3 is 0 Å². The van der Waals surface area contributed by atoms with E-state index in [-0.39, 0.29) is 0 Å². The van der Waals surface area contributed by atoms with E-state index in [1.54, 1.807) is 0 Å². The van der Waals surface area contributed by atoms with Crippen molar-refractivity contribution in [2.45, 2.75) is 47.6 Å². The zero-order valence-corrected chi connectivity index (χ0v) is 14.4. The Labute approximate surface area is 125 Å². The molecular formula is C18H32N2. The van der Waals surface area contributed by atoms with Crippen molar-refractivity contribution in [2.75, 3.05) is 26.7 Å². The van der Waals surface area contributed by atoms with Gasteiger partial charge in [0.2, 0.25) is 0 Å². The molecule has 1 atom stereocenters. The Morgan fingerprint density at radius 2 is 1.60 bits per heavy atom. The quantitative estimate of drug-likeness (QED) is 0.814. The molecule has 1 aromatic rings. The number of likely N-dealkylation sites (N-methyl/N-ethyl adjacent to an activating group) is 2. The Balaban J connectivity index is 2.96. The third-order valence-corrected chi connectivity index (χ3v) is 3.95. The smallest absolute Gasteiger partial charge is 0.0452 e. The highest BCUT2D eigenvalue weighted by atomic mass is 15.1. The molecule has 0 amide bonds. The Kier molecular flexibility index (Phi) is 6.70. The van der Waals surface area contributed by atoms with Gasteiger partial charge in [0.15, 0.2) is 0 Å². The van der Waals surface area contributed by atoms with Gasteiger partial charge in [-0.25, -0.2) is 0 Å². The van der Waals surface area contributed by atoms with Crippen LogP contribution in [0, 0.1) is 26.7 Å². The largest absolute Gasteiger partial charge is 0.312 e. The summed E-state index contributed by atoms with van der Waals surface area (Å²) in [6.07, 6.45) is 0. The van der Waals surface area contributed by atoms with Crippen LogP contribution in [0.3, 0.4) is 0 Å². The molecule has 1 aromatic carbocycles. The minimum absolute atomic E-state index is 0.411. The first-order valence-corrected chi connectivity index (χ1v) is 7.86. The van der Waals surface area contributed by atoms with Crippen LogP contribution >= 0.6 is 0 Å². The van der Waals surface area contributed by atoms with Crippen molar-refractivity contribution in [2.24, 2.45) is 5.92 Å². The molecule has 114 valence electrons. The SMILES string of the molecule is CCN(CC(C)C)CC(NC)c1c(C)cc(C)cc1C.